The van der Waals surface area contributed by atoms with Gasteiger partial charge >= 0.3 is 0 Å². The van der Waals surface area contributed by atoms with Gasteiger partial charge in [-0.3, -0.25) is 0 Å². The SMILES string of the molecule is ClC(c1cc(Br)ccc1Br)c1csc2ccccc12. The molecule has 0 spiro atoms. The Kier molecular flexibility index (Phi) is 3.99. The molecule has 0 nitrogen and oxygen atoms in total. The highest BCUT2D eigenvalue weighted by Crippen LogP contribution is 2.40. The van der Waals surface area contributed by atoms with Crippen LogP contribution < -0.4 is 0 Å². The summed E-state index contributed by atoms with van der Waals surface area (Å²) in [5.74, 6) is 0. The molecule has 19 heavy (non-hydrogen) atoms. The lowest BCUT2D eigenvalue weighted by Gasteiger charge is -2.12. The topological polar surface area (TPSA) is 0 Å². The molecule has 0 aliphatic rings. The van der Waals surface area contributed by atoms with Crippen molar-refractivity contribution in [2.24, 2.45) is 0 Å². The third-order valence-corrected chi connectivity index (χ3v) is 5.68. The Hall–Kier alpha value is -0.350. The first-order chi connectivity index (χ1) is 9.16. The summed E-state index contributed by atoms with van der Waals surface area (Å²) in [6, 6.07) is 14.4. The van der Waals surface area contributed by atoms with E-state index in [4.69, 9.17) is 11.6 Å². The van der Waals surface area contributed by atoms with E-state index in [0.717, 1.165) is 14.5 Å². The van der Waals surface area contributed by atoms with Gasteiger partial charge in [-0.1, -0.05) is 50.1 Å². The maximum Gasteiger partial charge on any atom is 0.0860 e. The summed E-state index contributed by atoms with van der Waals surface area (Å²) in [4.78, 5) is 0. The predicted molar refractivity (Wildman–Crippen MR) is 91.4 cm³/mol. The van der Waals surface area contributed by atoms with Crippen LogP contribution in [0, 0.1) is 0 Å². The second kappa shape index (κ2) is 5.57. The Morgan fingerprint density at radius 1 is 1.00 bits per heavy atom. The minimum atomic E-state index is -0.150. The molecule has 1 unspecified atom stereocenters. The molecule has 0 radical (unpaired) electrons. The van der Waals surface area contributed by atoms with Gasteiger partial charge in [-0.05, 0) is 46.2 Å². The molecule has 0 amide bonds. The van der Waals surface area contributed by atoms with E-state index in [2.05, 4.69) is 67.6 Å². The Labute approximate surface area is 137 Å². The summed E-state index contributed by atoms with van der Waals surface area (Å²) in [5, 5.41) is 3.23. The lowest BCUT2D eigenvalue weighted by atomic mass is 10.0. The van der Waals surface area contributed by atoms with E-state index in [1.165, 1.54) is 15.6 Å². The molecule has 0 saturated heterocycles. The summed E-state index contributed by atoms with van der Waals surface area (Å²) in [6.45, 7) is 0. The van der Waals surface area contributed by atoms with Crippen molar-refractivity contribution in [2.45, 2.75) is 5.38 Å². The zero-order chi connectivity index (χ0) is 13.4. The minimum absolute atomic E-state index is 0.150. The van der Waals surface area contributed by atoms with Crippen LogP contribution in [0.5, 0.6) is 0 Å². The first kappa shape index (κ1) is 13.6. The third-order valence-electron chi connectivity index (χ3n) is 3.02. The van der Waals surface area contributed by atoms with Gasteiger partial charge in [0, 0.05) is 13.6 Å². The van der Waals surface area contributed by atoms with Crippen LogP contribution in [0.1, 0.15) is 16.5 Å². The molecule has 3 aromatic rings. The smallest absolute Gasteiger partial charge is 0.0860 e. The van der Waals surface area contributed by atoms with Crippen molar-refractivity contribution in [1.82, 2.24) is 0 Å². The van der Waals surface area contributed by atoms with Gasteiger partial charge in [0.25, 0.3) is 0 Å². The molecule has 0 aliphatic carbocycles. The second-order valence-electron chi connectivity index (χ2n) is 4.22. The number of fused-ring (bicyclic) bond motifs is 1. The van der Waals surface area contributed by atoms with Crippen LogP contribution in [0.2, 0.25) is 0 Å². The molecule has 1 atom stereocenters. The van der Waals surface area contributed by atoms with Gasteiger partial charge < -0.3 is 0 Å². The van der Waals surface area contributed by atoms with Crippen LogP contribution in [0.4, 0.5) is 0 Å². The van der Waals surface area contributed by atoms with Crippen LogP contribution in [-0.2, 0) is 0 Å². The molecular formula is C15H9Br2ClS. The molecule has 96 valence electrons. The molecule has 0 fully saturated rings. The number of benzene rings is 2. The number of hydrogen-bond acceptors (Lipinski definition) is 1. The fourth-order valence-corrected chi connectivity index (χ4v) is 4.48. The molecule has 1 aromatic heterocycles. The van der Waals surface area contributed by atoms with E-state index in [1.807, 2.05) is 12.1 Å². The van der Waals surface area contributed by atoms with E-state index in [-0.39, 0.29) is 5.38 Å². The van der Waals surface area contributed by atoms with Gasteiger partial charge in [-0.2, -0.15) is 0 Å². The fraction of sp³-hybridized carbons (Fsp3) is 0.0667. The summed E-state index contributed by atoms with van der Waals surface area (Å²) < 4.78 is 3.34. The normalized spacial score (nSPS) is 12.8. The Morgan fingerprint density at radius 2 is 1.79 bits per heavy atom. The lowest BCUT2D eigenvalue weighted by molar-refractivity contribution is 1.15. The Morgan fingerprint density at radius 3 is 2.63 bits per heavy atom. The molecule has 4 heteroatoms. The maximum atomic E-state index is 6.69. The molecule has 0 N–H and O–H groups in total. The van der Waals surface area contributed by atoms with Crippen molar-refractivity contribution in [3.05, 3.63) is 67.9 Å². The molecule has 1 heterocycles. The van der Waals surface area contributed by atoms with Crippen LogP contribution in [0.15, 0.2) is 56.8 Å². The number of thiophene rings is 1. The quantitative estimate of drug-likeness (QED) is 0.405. The summed E-state index contributed by atoms with van der Waals surface area (Å²) in [5.41, 5.74) is 2.25. The maximum absolute atomic E-state index is 6.69. The lowest BCUT2D eigenvalue weighted by Crippen LogP contribution is -1.93. The largest absolute Gasteiger partial charge is 0.143 e. The van der Waals surface area contributed by atoms with Gasteiger partial charge in [-0.25, -0.2) is 0 Å². The molecular weight excluding hydrogens is 407 g/mol. The van der Waals surface area contributed by atoms with Crippen molar-refractivity contribution in [3.8, 4) is 0 Å². The average Bonchev–Trinajstić information content (AvgIpc) is 2.84. The highest BCUT2D eigenvalue weighted by molar-refractivity contribution is 9.11. The number of rotatable bonds is 2. The van der Waals surface area contributed by atoms with E-state index in [1.54, 1.807) is 11.3 Å². The van der Waals surface area contributed by atoms with Gasteiger partial charge in [0.05, 0.1) is 5.38 Å². The zero-order valence-electron chi connectivity index (χ0n) is 9.74. The summed E-state index contributed by atoms with van der Waals surface area (Å²) >= 11 is 15.5. The van der Waals surface area contributed by atoms with Crippen molar-refractivity contribution in [1.29, 1.82) is 0 Å². The van der Waals surface area contributed by atoms with Gasteiger partial charge in [-0.15, -0.1) is 22.9 Å². The molecule has 3 rings (SSSR count). The monoisotopic (exact) mass is 414 g/mol. The van der Waals surface area contributed by atoms with Crippen molar-refractivity contribution < 1.29 is 0 Å². The molecule has 0 aliphatic heterocycles. The highest BCUT2D eigenvalue weighted by atomic mass is 79.9. The minimum Gasteiger partial charge on any atom is -0.143 e. The molecule has 0 saturated carbocycles. The van der Waals surface area contributed by atoms with Gasteiger partial charge in [0.15, 0.2) is 0 Å². The van der Waals surface area contributed by atoms with Crippen LogP contribution >= 0.6 is 54.8 Å². The fourth-order valence-electron chi connectivity index (χ4n) is 2.07. The Balaban J connectivity index is 2.13. The van der Waals surface area contributed by atoms with Crippen LogP contribution in [0.25, 0.3) is 10.1 Å². The van der Waals surface area contributed by atoms with Crippen LogP contribution in [-0.4, -0.2) is 0 Å². The highest BCUT2D eigenvalue weighted by Gasteiger charge is 2.18. The average molecular weight is 417 g/mol. The second-order valence-corrected chi connectivity index (χ2v) is 7.33. The standard InChI is InChI=1S/C15H9Br2ClS/c16-9-5-6-13(17)11(7-9)15(18)12-8-19-14-4-2-1-3-10(12)14/h1-8,15H. The predicted octanol–water partition coefficient (Wildman–Crippen LogP) is 6.75. The van der Waals surface area contributed by atoms with E-state index >= 15 is 0 Å². The van der Waals surface area contributed by atoms with Crippen molar-refractivity contribution in [3.63, 3.8) is 0 Å². The zero-order valence-corrected chi connectivity index (χ0v) is 14.5. The van der Waals surface area contributed by atoms with Gasteiger partial charge in [0.2, 0.25) is 0 Å². The third kappa shape index (κ3) is 2.62. The number of hydrogen-bond donors (Lipinski definition) is 0. The van der Waals surface area contributed by atoms with Crippen molar-refractivity contribution >= 4 is 64.9 Å². The Bertz CT molecular complexity index is 736. The molecule has 2 aromatic carbocycles. The van der Waals surface area contributed by atoms with E-state index < -0.39 is 0 Å². The molecule has 0 bridgehead atoms. The summed E-state index contributed by atoms with van der Waals surface area (Å²) in [7, 11) is 0. The number of halogens is 3. The first-order valence-electron chi connectivity index (χ1n) is 5.72. The first-order valence-corrected chi connectivity index (χ1v) is 8.62. The van der Waals surface area contributed by atoms with Crippen molar-refractivity contribution in [2.75, 3.05) is 0 Å². The summed E-state index contributed by atoms with van der Waals surface area (Å²) in [6.07, 6.45) is 0. The van der Waals surface area contributed by atoms with Gasteiger partial charge in [0.1, 0.15) is 0 Å². The van der Waals surface area contributed by atoms with E-state index in [0.29, 0.717) is 0 Å². The van der Waals surface area contributed by atoms with E-state index in [9.17, 15) is 0 Å². The number of alkyl halides is 1. The van der Waals surface area contributed by atoms with Crippen LogP contribution in [0.3, 0.4) is 0 Å².